The van der Waals surface area contributed by atoms with Crippen LogP contribution in [0.3, 0.4) is 0 Å². The Balaban J connectivity index is 2.47. The highest BCUT2D eigenvalue weighted by Crippen LogP contribution is 2.15. The van der Waals surface area contributed by atoms with Crippen molar-refractivity contribution in [2.24, 2.45) is 0 Å². The second kappa shape index (κ2) is 3.42. The number of nitrogen functional groups attached to an aromatic ring is 1. The quantitative estimate of drug-likeness (QED) is 0.844. The van der Waals surface area contributed by atoms with E-state index in [1.807, 2.05) is 13.1 Å². The molecule has 2 aromatic heterocycles. The number of aromatic nitrogens is 3. The van der Waals surface area contributed by atoms with Gasteiger partial charge in [0.2, 0.25) is 0 Å². The molecule has 72 valence electrons. The lowest BCUT2D eigenvalue weighted by atomic mass is 10.2. The summed E-state index contributed by atoms with van der Waals surface area (Å²) in [6.45, 7) is 1.92. The summed E-state index contributed by atoms with van der Waals surface area (Å²) in [6, 6.07) is 1.80. The summed E-state index contributed by atoms with van der Waals surface area (Å²) in [5, 5.41) is 4.11. The minimum absolute atomic E-state index is 0.721. The van der Waals surface area contributed by atoms with Crippen LogP contribution in [0.25, 0.3) is 5.82 Å². The maximum absolute atomic E-state index is 5.77. The molecule has 0 bridgehead atoms. The summed E-state index contributed by atoms with van der Waals surface area (Å²) in [5.41, 5.74) is 7.47. The largest absolute Gasteiger partial charge is 0.398 e. The number of anilines is 1. The van der Waals surface area contributed by atoms with Crippen molar-refractivity contribution in [1.82, 2.24) is 14.8 Å². The predicted molar refractivity (Wildman–Crippen MR) is 58.2 cm³/mol. The van der Waals surface area contributed by atoms with E-state index >= 15 is 0 Å². The minimum atomic E-state index is 0.721. The Kier molecular flexibility index (Phi) is 2.25. The van der Waals surface area contributed by atoms with Gasteiger partial charge in [0.1, 0.15) is 0 Å². The monoisotopic (exact) mass is 252 g/mol. The number of hydrogen-bond donors (Lipinski definition) is 1. The van der Waals surface area contributed by atoms with E-state index < -0.39 is 0 Å². The SMILES string of the molecule is Cc1cnc(-n2cc(Br)cn2)cc1N. The normalized spacial score (nSPS) is 10.4. The molecule has 0 spiro atoms. The van der Waals surface area contributed by atoms with Crippen LogP contribution in [0, 0.1) is 6.92 Å². The van der Waals surface area contributed by atoms with Crippen LogP contribution in [0.4, 0.5) is 5.69 Å². The van der Waals surface area contributed by atoms with Gasteiger partial charge in [-0.05, 0) is 28.4 Å². The van der Waals surface area contributed by atoms with Gasteiger partial charge in [-0.15, -0.1) is 0 Å². The fourth-order valence-corrected chi connectivity index (χ4v) is 1.36. The second-order valence-electron chi connectivity index (χ2n) is 3.00. The molecule has 5 heteroatoms. The zero-order valence-electron chi connectivity index (χ0n) is 7.61. The summed E-state index contributed by atoms with van der Waals surface area (Å²) in [5.74, 6) is 0.721. The predicted octanol–water partition coefficient (Wildman–Crippen LogP) is 1.92. The number of nitrogens with two attached hydrogens (primary N) is 1. The number of halogens is 1. The fourth-order valence-electron chi connectivity index (χ4n) is 1.08. The Morgan fingerprint density at radius 3 is 2.79 bits per heavy atom. The first-order valence-electron chi connectivity index (χ1n) is 4.09. The van der Waals surface area contributed by atoms with Crippen molar-refractivity contribution in [2.45, 2.75) is 6.92 Å². The van der Waals surface area contributed by atoms with Gasteiger partial charge in [0.25, 0.3) is 0 Å². The van der Waals surface area contributed by atoms with Crippen LogP contribution in [0.1, 0.15) is 5.56 Å². The van der Waals surface area contributed by atoms with E-state index in [9.17, 15) is 0 Å². The molecule has 0 saturated heterocycles. The maximum Gasteiger partial charge on any atom is 0.155 e. The number of aryl methyl sites for hydroxylation is 1. The lowest BCUT2D eigenvalue weighted by molar-refractivity contribution is 0.846. The van der Waals surface area contributed by atoms with E-state index in [-0.39, 0.29) is 0 Å². The van der Waals surface area contributed by atoms with Crippen molar-refractivity contribution >= 4 is 21.6 Å². The van der Waals surface area contributed by atoms with Crippen LogP contribution < -0.4 is 5.73 Å². The molecule has 4 nitrogen and oxygen atoms in total. The third kappa shape index (κ3) is 1.63. The van der Waals surface area contributed by atoms with Crippen molar-refractivity contribution in [3.8, 4) is 5.82 Å². The van der Waals surface area contributed by atoms with E-state index in [0.29, 0.717) is 0 Å². The molecular formula is C9H9BrN4. The molecule has 2 N–H and O–H groups in total. The van der Waals surface area contributed by atoms with Crippen molar-refractivity contribution in [2.75, 3.05) is 5.73 Å². The van der Waals surface area contributed by atoms with Gasteiger partial charge in [0.05, 0.1) is 10.7 Å². The molecule has 0 aliphatic carbocycles. The molecule has 0 aliphatic heterocycles. The van der Waals surface area contributed by atoms with E-state index in [1.165, 1.54) is 0 Å². The fraction of sp³-hybridized carbons (Fsp3) is 0.111. The first-order valence-corrected chi connectivity index (χ1v) is 4.89. The van der Waals surface area contributed by atoms with Gasteiger partial charge in [-0.3, -0.25) is 0 Å². The van der Waals surface area contributed by atoms with E-state index in [4.69, 9.17) is 5.73 Å². The Labute approximate surface area is 89.9 Å². The molecule has 2 rings (SSSR count). The molecule has 2 aromatic rings. The first-order chi connectivity index (χ1) is 6.66. The molecule has 2 heterocycles. The lowest BCUT2D eigenvalue weighted by Crippen LogP contribution is -2.00. The Morgan fingerprint density at radius 1 is 1.43 bits per heavy atom. The summed E-state index contributed by atoms with van der Waals surface area (Å²) < 4.78 is 2.58. The Hall–Kier alpha value is -1.36. The smallest absolute Gasteiger partial charge is 0.155 e. The maximum atomic E-state index is 5.77. The van der Waals surface area contributed by atoms with E-state index in [0.717, 1.165) is 21.5 Å². The van der Waals surface area contributed by atoms with Gasteiger partial charge in [0, 0.05) is 24.1 Å². The van der Waals surface area contributed by atoms with Gasteiger partial charge in [0.15, 0.2) is 5.82 Å². The molecule has 0 aliphatic rings. The summed E-state index contributed by atoms with van der Waals surface area (Å²) >= 11 is 3.32. The highest BCUT2D eigenvalue weighted by Gasteiger charge is 2.02. The first kappa shape index (κ1) is 9.21. The summed E-state index contributed by atoms with van der Waals surface area (Å²) in [4.78, 5) is 4.22. The van der Waals surface area contributed by atoms with Crippen LogP contribution in [-0.4, -0.2) is 14.8 Å². The van der Waals surface area contributed by atoms with Crippen LogP contribution in [0.15, 0.2) is 29.1 Å². The molecule has 14 heavy (non-hydrogen) atoms. The standard InChI is InChI=1S/C9H9BrN4/c1-6-3-12-9(2-8(6)11)14-5-7(10)4-13-14/h2-5H,1H3,(H2,11,12). The number of pyridine rings is 1. The van der Waals surface area contributed by atoms with Crippen LogP contribution >= 0.6 is 15.9 Å². The van der Waals surface area contributed by atoms with Crippen molar-refractivity contribution in [1.29, 1.82) is 0 Å². The second-order valence-corrected chi connectivity index (χ2v) is 3.92. The van der Waals surface area contributed by atoms with Gasteiger partial charge < -0.3 is 5.73 Å². The molecule has 0 unspecified atom stereocenters. The molecular weight excluding hydrogens is 244 g/mol. The van der Waals surface area contributed by atoms with Gasteiger partial charge in [-0.1, -0.05) is 0 Å². The topological polar surface area (TPSA) is 56.7 Å². The average Bonchev–Trinajstić information content (AvgIpc) is 2.57. The van der Waals surface area contributed by atoms with Gasteiger partial charge in [-0.2, -0.15) is 5.10 Å². The zero-order chi connectivity index (χ0) is 10.1. The molecule has 0 saturated carbocycles. The number of nitrogens with zero attached hydrogens (tertiary/aromatic N) is 3. The zero-order valence-corrected chi connectivity index (χ0v) is 9.19. The third-order valence-corrected chi connectivity index (χ3v) is 2.33. The highest BCUT2D eigenvalue weighted by molar-refractivity contribution is 9.10. The average molecular weight is 253 g/mol. The molecule has 0 fully saturated rings. The van der Waals surface area contributed by atoms with Crippen LogP contribution in [0.5, 0.6) is 0 Å². The number of rotatable bonds is 1. The lowest BCUT2D eigenvalue weighted by Gasteiger charge is -2.03. The Bertz CT molecular complexity index is 464. The Morgan fingerprint density at radius 2 is 2.21 bits per heavy atom. The molecule has 0 atom stereocenters. The summed E-state index contributed by atoms with van der Waals surface area (Å²) in [6.07, 6.45) is 5.27. The summed E-state index contributed by atoms with van der Waals surface area (Å²) in [7, 11) is 0. The molecule has 0 radical (unpaired) electrons. The van der Waals surface area contributed by atoms with Crippen LogP contribution in [-0.2, 0) is 0 Å². The molecule has 0 amide bonds. The third-order valence-electron chi connectivity index (χ3n) is 1.92. The van der Waals surface area contributed by atoms with Crippen LogP contribution in [0.2, 0.25) is 0 Å². The van der Waals surface area contributed by atoms with Crippen molar-refractivity contribution in [3.63, 3.8) is 0 Å². The van der Waals surface area contributed by atoms with E-state index in [1.54, 1.807) is 23.1 Å². The highest BCUT2D eigenvalue weighted by atomic mass is 79.9. The minimum Gasteiger partial charge on any atom is -0.398 e. The van der Waals surface area contributed by atoms with E-state index in [2.05, 4.69) is 26.0 Å². The van der Waals surface area contributed by atoms with Crippen molar-refractivity contribution < 1.29 is 0 Å². The molecule has 0 aromatic carbocycles. The number of hydrogen-bond acceptors (Lipinski definition) is 3. The van der Waals surface area contributed by atoms with Gasteiger partial charge >= 0.3 is 0 Å². The van der Waals surface area contributed by atoms with Gasteiger partial charge in [-0.25, -0.2) is 9.67 Å². The van der Waals surface area contributed by atoms with Crippen molar-refractivity contribution in [3.05, 3.63) is 34.7 Å².